The van der Waals surface area contributed by atoms with Crippen LogP contribution < -0.4 is 15.4 Å². The number of non-ortho nitro benzene ring substituents is 1. The maximum atomic E-state index is 12.8. The lowest BCUT2D eigenvalue weighted by molar-refractivity contribution is -0.384. The number of anilines is 1. The number of nitro benzene ring substituents is 1. The number of nitrogens with one attached hydrogen (secondary N) is 2. The quantitative estimate of drug-likeness (QED) is 0.245. The average Bonchev–Trinajstić information content (AvgIpc) is 3.21. The van der Waals surface area contributed by atoms with Gasteiger partial charge in [-0.2, -0.15) is 0 Å². The third kappa shape index (κ3) is 6.57. The zero-order valence-corrected chi connectivity index (χ0v) is 20.5. The molecule has 0 saturated heterocycles. The van der Waals surface area contributed by atoms with Gasteiger partial charge in [0.15, 0.2) is 11.0 Å². The predicted molar refractivity (Wildman–Crippen MR) is 131 cm³/mol. The molecule has 1 atom stereocenters. The van der Waals surface area contributed by atoms with Gasteiger partial charge in [-0.05, 0) is 36.2 Å². The molecule has 184 valence electrons. The minimum absolute atomic E-state index is 0.0447. The normalized spacial score (nSPS) is 11.7. The summed E-state index contributed by atoms with van der Waals surface area (Å²) >= 11 is 1.22. The molecule has 2 amide bonds. The first kappa shape index (κ1) is 25.7. The standard InChI is InChI=1S/C23H26N6O5S/c1-14(2)20(25-22(31)15-6-5-7-17(12-15)29(32)33)21-26-27-23(28(21)3)35-13-19(30)24-16-8-10-18(34-4)11-9-16/h5-12,14,20H,13H2,1-4H3,(H,24,30)(H,25,31)/t20-/m0/s1. The highest BCUT2D eigenvalue weighted by Gasteiger charge is 2.26. The van der Waals surface area contributed by atoms with Crippen molar-refractivity contribution in [2.75, 3.05) is 18.2 Å². The van der Waals surface area contributed by atoms with E-state index in [1.807, 2.05) is 13.8 Å². The molecule has 0 unspecified atom stereocenters. The molecule has 0 bridgehead atoms. The van der Waals surface area contributed by atoms with E-state index < -0.39 is 16.9 Å². The van der Waals surface area contributed by atoms with Crippen LogP contribution in [0.2, 0.25) is 0 Å². The molecule has 35 heavy (non-hydrogen) atoms. The smallest absolute Gasteiger partial charge is 0.270 e. The first-order valence-corrected chi connectivity index (χ1v) is 11.7. The summed E-state index contributed by atoms with van der Waals surface area (Å²) in [5.41, 5.74) is 0.666. The first-order valence-electron chi connectivity index (χ1n) is 10.7. The maximum absolute atomic E-state index is 12.8. The van der Waals surface area contributed by atoms with E-state index >= 15 is 0 Å². The van der Waals surface area contributed by atoms with Gasteiger partial charge in [-0.15, -0.1) is 10.2 Å². The molecule has 11 nitrogen and oxygen atoms in total. The second-order valence-corrected chi connectivity index (χ2v) is 8.91. The number of hydrogen-bond acceptors (Lipinski definition) is 8. The molecule has 0 saturated carbocycles. The van der Waals surface area contributed by atoms with Gasteiger partial charge in [0.25, 0.3) is 11.6 Å². The van der Waals surface area contributed by atoms with Gasteiger partial charge in [-0.1, -0.05) is 31.7 Å². The molecule has 0 aliphatic rings. The van der Waals surface area contributed by atoms with Crippen LogP contribution in [0.5, 0.6) is 5.75 Å². The van der Waals surface area contributed by atoms with Gasteiger partial charge in [0.1, 0.15) is 5.75 Å². The number of hydrogen-bond donors (Lipinski definition) is 2. The summed E-state index contributed by atoms with van der Waals surface area (Å²) < 4.78 is 6.83. The van der Waals surface area contributed by atoms with Crippen LogP contribution in [-0.4, -0.2) is 44.4 Å². The van der Waals surface area contributed by atoms with Crippen LogP contribution in [-0.2, 0) is 11.8 Å². The van der Waals surface area contributed by atoms with Gasteiger partial charge in [-0.3, -0.25) is 19.7 Å². The van der Waals surface area contributed by atoms with Crippen LogP contribution in [0.25, 0.3) is 0 Å². The zero-order chi connectivity index (χ0) is 25.5. The Kier molecular flexibility index (Phi) is 8.42. The highest BCUT2D eigenvalue weighted by atomic mass is 32.2. The summed E-state index contributed by atoms with van der Waals surface area (Å²) in [5.74, 6) is 0.618. The number of nitrogens with zero attached hydrogens (tertiary/aromatic N) is 4. The number of rotatable bonds is 10. The Hall–Kier alpha value is -3.93. The van der Waals surface area contributed by atoms with Crippen LogP contribution in [0.4, 0.5) is 11.4 Å². The maximum Gasteiger partial charge on any atom is 0.270 e. The van der Waals surface area contributed by atoms with Crippen LogP contribution in [0, 0.1) is 16.0 Å². The summed E-state index contributed by atoms with van der Waals surface area (Å²) in [7, 11) is 3.33. The molecular formula is C23H26N6O5S. The number of thioether (sulfide) groups is 1. The van der Waals surface area contributed by atoms with E-state index in [-0.39, 0.29) is 28.8 Å². The predicted octanol–water partition coefficient (Wildman–Crippen LogP) is 3.59. The fourth-order valence-corrected chi connectivity index (χ4v) is 3.96. The summed E-state index contributed by atoms with van der Waals surface area (Å²) in [6.45, 7) is 3.84. The van der Waals surface area contributed by atoms with Crippen LogP contribution in [0.3, 0.4) is 0 Å². The first-order chi connectivity index (χ1) is 16.7. The molecule has 0 radical (unpaired) electrons. The van der Waals surface area contributed by atoms with Crippen molar-refractivity contribution in [2.24, 2.45) is 13.0 Å². The zero-order valence-electron chi connectivity index (χ0n) is 19.7. The molecule has 0 spiro atoms. The van der Waals surface area contributed by atoms with Crippen LogP contribution in [0.1, 0.15) is 36.1 Å². The number of benzene rings is 2. The number of aromatic nitrogens is 3. The van der Waals surface area contributed by atoms with Gasteiger partial charge in [-0.25, -0.2) is 0 Å². The van der Waals surface area contributed by atoms with E-state index in [4.69, 9.17) is 4.74 Å². The number of ether oxygens (including phenoxy) is 1. The largest absolute Gasteiger partial charge is 0.497 e. The van der Waals surface area contributed by atoms with Gasteiger partial charge < -0.3 is 19.9 Å². The molecule has 0 fully saturated rings. The van der Waals surface area contributed by atoms with Crippen molar-refractivity contribution >= 4 is 35.0 Å². The van der Waals surface area contributed by atoms with Crippen molar-refractivity contribution in [1.29, 1.82) is 0 Å². The van der Waals surface area contributed by atoms with Crippen molar-refractivity contribution in [3.05, 3.63) is 70.0 Å². The van der Waals surface area contributed by atoms with Crippen molar-refractivity contribution in [1.82, 2.24) is 20.1 Å². The molecule has 1 heterocycles. The molecule has 3 aromatic rings. The monoisotopic (exact) mass is 498 g/mol. The SMILES string of the molecule is COc1ccc(NC(=O)CSc2nnc([C@@H](NC(=O)c3cccc([N+](=O)[O-])c3)C(C)C)n2C)cc1. The molecule has 0 aliphatic heterocycles. The summed E-state index contributed by atoms with van der Waals surface area (Å²) in [6, 6.07) is 12.0. The van der Waals surface area contributed by atoms with Gasteiger partial charge in [0.05, 0.1) is 23.8 Å². The molecule has 2 N–H and O–H groups in total. The Morgan fingerprint density at radius 3 is 2.51 bits per heavy atom. The Morgan fingerprint density at radius 1 is 1.17 bits per heavy atom. The van der Waals surface area contributed by atoms with Crippen LogP contribution in [0.15, 0.2) is 53.7 Å². The van der Waals surface area contributed by atoms with E-state index in [1.165, 1.54) is 36.0 Å². The molecule has 0 aliphatic carbocycles. The third-order valence-corrected chi connectivity index (χ3v) is 6.15. The minimum atomic E-state index is -0.548. The fraction of sp³-hybridized carbons (Fsp3) is 0.304. The number of carbonyl (C=O) groups is 2. The molecule has 3 rings (SSSR count). The number of methoxy groups -OCH3 is 1. The van der Waals surface area contributed by atoms with Crippen molar-refractivity contribution < 1.29 is 19.2 Å². The van der Waals surface area contributed by atoms with E-state index in [9.17, 15) is 19.7 Å². The van der Waals surface area contributed by atoms with E-state index in [0.29, 0.717) is 22.4 Å². The fourth-order valence-electron chi connectivity index (χ4n) is 3.24. The second-order valence-electron chi connectivity index (χ2n) is 7.97. The summed E-state index contributed by atoms with van der Waals surface area (Å²) in [5, 5.41) is 25.7. The third-order valence-electron chi connectivity index (χ3n) is 5.13. The second kappa shape index (κ2) is 11.5. The van der Waals surface area contributed by atoms with Crippen LogP contribution >= 0.6 is 11.8 Å². The van der Waals surface area contributed by atoms with E-state index in [2.05, 4.69) is 20.8 Å². The van der Waals surface area contributed by atoms with Crippen molar-refractivity contribution in [2.45, 2.75) is 25.0 Å². The van der Waals surface area contributed by atoms with Crippen molar-refractivity contribution in [3.8, 4) is 5.75 Å². The minimum Gasteiger partial charge on any atom is -0.497 e. The Balaban J connectivity index is 1.66. The molecule has 12 heteroatoms. The average molecular weight is 499 g/mol. The highest BCUT2D eigenvalue weighted by molar-refractivity contribution is 7.99. The lowest BCUT2D eigenvalue weighted by Crippen LogP contribution is -2.33. The number of carbonyl (C=O) groups excluding carboxylic acids is 2. The molecular weight excluding hydrogens is 472 g/mol. The number of amides is 2. The number of nitro groups is 1. The Bertz CT molecular complexity index is 1210. The topological polar surface area (TPSA) is 141 Å². The highest BCUT2D eigenvalue weighted by Crippen LogP contribution is 2.25. The van der Waals surface area contributed by atoms with Crippen molar-refractivity contribution in [3.63, 3.8) is 0 Å². The van der Waals surface area contributed by atoms with Gasteiger partial charge in [0.2, 0.25) is 5.91 Å². The van der Waals surface area contributed by atoms with E-state index in [1.54, 1.807) is 43.0 Å². The Morgan fingerprint density at radius 2 is 1.89 bits per heavy atom. The summed E-state index contributed by atoms with van der Waals surface area (Å²) in [6.07, 6.45) is 0. The van der Waals surface area contributed by atoms with E-state index in [0.717, 1.165) is 0 Å². The molecule has 2 aromatic carbocycles. The lowest BCUT2D eigenvalue weighted by Gasteiger charge is -2.21. The Labute approximate surface area is 206 Å². The molecule has 1 aromatic heterocycles. The van der Waals surface area contributed by atoms with Gasteiger partial charge >= 0.3 is 0 Å². The summed E-state index contributed by atoms with van der Waals surface area (Å²) in [4.78, 5) is 35.6. The van der Waals surface area contributed by atoms with Gasteiger partial charge in [0, 0.05) is 30.4 Å². The lowest BCUT2D eigenvalue weighted by atomic mass is 10.0.